The van der Waals surface area contributed by atoms with E-state index in [-0.39, 0.29) is 24.2 Å². The highest BCUT2D eigenvalue weighted by Gasteiger charge is 2.32. The lowest BCUT2D eigenvalue weighted by atomic mass is 9.99. The highest BCUT2D eigenvalue weighted by molar-refractivity contribution is 5.85. The van der Waals surface area contributed by atoms with E-state index in [1.165, 1.54) is 7.11 Å². The molecule has 1 saturated carbocycles. The lowest BCUT2D eigenvalue weighted by Gasteiger charge is -2.16. The highest BCUT2D eigenvalue weighted by Crippen LogP contribution is 2.39. The van der Waals surface area contributed by atoms with Gasteiger partial charge in [0.2, 0.25) is 0 Å². The van der Waals surface area contributed by atoms with E-state index < -0.39 is 11.7 Å². The molecule has 0 heterocycles. The third kappa shape index (κ3) is 4.28. The number of alkyl halides is 3. The van der Waals surface area contributed by atoms with Crippen LogP contribution in [0.15, 0.2) is 18.2 Å². The van der Waals surface area contributed by atoms with Crippen LogP contribution >= 0.6 is 12.4 Å². The molecule has 0 radical (unpaired) electrons. The molecule has 0 aromatic heterocycles. The smallest absolute Gasteiger partial charge is 0.416 e. The van der Waals surface area contributed by atoms with Crippen LogP contribution in [-0.4, -0.2) is 7.11 Å². The molecule has 6 heteroatoms. The van der Waals surface area contributed by atoms with Crippen LogP contribution in [0.25, 0.3) is 0 Å². The Balaban J connectivity index is 0.00000180. The molecule has 1 aromatic carbocycles. The Morgan fingerprint density at radius 2 is 1.95 bits per heavy atom. The number of methoxy groups -OCH3 is 1. The van der Waals surface area contributed by atoms with E-state index in [1.807, 2.05) is 0 Å². The maximum absolute atomic E-state index is 12.7. The average molecular weight is 296 g/mol. The molecule has 0 aliphatic heterocycles. The Bertz CT molecular complexity index is 432. The van der Waals surface area contributed by atoms with Crippen LogP contribution in [0.2, 0.25) is 0 Å². The minimum absolute atomic E-state index is 0. The molecule has 108 valence electrons. The number of rotatable bonds is 4. The van der Waals surface area contributed by atoms with Crippen LogP contribution in [0.4, 0.5) is 13.2 Å². The average Bonchev–Trinajstić information content (AvgIpc) is 3.11. The minimum Gasteiger partial charge on any atom is -0.497 e. The van der Waals surface area contributed by atoms with Crippen LogP contribution < -0.4 is 10.5 Å². The summed E-state index contributed by atoms with van der Waals surface area (Å²) in [5.74, 6) is 0.770. The molecule has 1 aliphatic carbocycles. The fourth-order valence-corrected chi connectivity index (χ4v) is 1.97. The third-order valence-corrected chi connectivity index (χ3v) is 3.20. The standard InChI is InChI=1S/C13H16F3NO.ClH/c1-18-11-6-9(12(17)4-8-2-3-8)5-10(7-11)13(14,15)16;/h5-8,12H,2-4,17H2,1H3;1H/t12-;/m0./s1. The summed E-state index contributed by atoms with van der Waals surface area (Å²) >= 11 is 0. The lowest BCUT2D eigenvalue weighted by Crippen LogP contribution is -2.13. The summed E-state index contributed by atoms with van der Waals surface area (Å²) in [6, 6.07) is 3.35. The van der Waals surface area contributed by atoms with E-state index in [9.17, 15) is 13.2 Å². The predicted molar refractivity (Wildman–Crippen MR) is 69.5 cm³/mol. The van der Waals surface area contributed by atoms with Crippen molar-refractivity contribution in [1.29, 1.82) is 0 Å². The summed E-state index contributed by atoms with van der Waals surface area (Å²) in [5, 5.41) is 0. The van der Waals surface area contributed by atoms with Gasteiger partial charge in [-0.15, -0.1) is 12.4 Å². The van der Waals surface area contributed by atoms with Crippen LogP contribution in [0.3, 0.4) is 0 Å². The Labute approximate surface area is 116 Å². The maximum atomic E-state index is 12.7. The molecule has 0 saturated heterocycles. The first-order valence-corrected chi connectivity index (χ1v) is 5.92. The van der Waals surface area contributed by atoms with Crippen molar-refractivity contribution in [3.8, 4) is 5.75 Å². The van der Waals surface area contributed by atoms with Crippen molar-refractivity contribution in [2.24, 2.45) is 11.7 Å². The molecular weight excluding hydrogens is 279 g/mol. The maximum Gasteiger partial charge on any atom is 0.416 e. The summed E-state index contributed by atoms with van der Waals surface area (Å²) < 4.78 is 43.1. The largest absolute Gasteiger partial charge is 0.497 e. The zero-order valence-corrected chi connectivity index (χ0v) is 11.4. The second kappa shape index (κ2) is 6.01. The van der Waals surface area contributed by atoms with Crippen LogP contribution in [0.5, 0.6) is 5.75 Å². The molecule has 19 heavy (non-hydrogen) atoms. The number of benzene rings is 1. The van der Waals surface area contributed by atoms with Gasteiger partial charge in [0.1, 0.15) is 5.75 Å². The summed E-state index contributed by atoms with van der Waals surface area (Å²) in [5.41, 5.74) is 5.74. The van der Waals surface area contributed by atoms with Crippen LogP contribution in [0, 0.1) is 5.92 Å². The molecule has 2 rings (SSSR count). The molecule has 0 unspecified atom stereocenters. The quantitative estimate of drug-likeness (QED) is 0.913. The Morgan fingerprint density at radius 3 is 2.42 bits per heavy atom. The van der Waals surface area contributed by atoms with Crippen molar-refractivity contribution in [3.05, 3.63) is 29.3 Å². The molecule has 1 aromatic rings. The highest BCUT2D eigenvalue weighted by atomic mass is 35.5. The molecule has 1 fully saturated rings. The number of ether oxygens (including phenoxy) is 1. The van der Waals surface area contributed by atoms with E-state index in [0.29, 0.717) is 11.5 Å². The van der Waals surface area contributed by atoms with Gasteiger partial charge in [0.15, 0.2) is 0 Å². The summed E-state index contributed by atoms with van der Waals surface area (Å²) in [7, 11) is 1.35. The molecule has 2 N–H and O–H groups in total. The summed E-state index contributed by atoms with van der Waals surface area (Å²) in [6.45, 7) is 0. The summed E-state index contributed by atoms with van der Waals surface area (Å²) in [6.07, 6.45) is -1.37. The SMILES string of the molecule is COc1cc([C@@H](N)CC2CC2)cc(C(F)(F)F)c1.Cl. The fraction of sp³-hybridized carbons (Fsp3) is 0.538. The number of hydrogen-bond donors (Lipinski definition) is 1. The van der Waals surface area contributed by atoms with Crippen molar-refractivity contribution < 1.29 is 17.9 Å². The zero-order chi connectivity index (χ0) is 13.3. The first-order chi connectivity index (χ1) is 8.40. The molecule has 0 bridgehead atoms. The number of halogens is 4. The number of nitrogens with two attached hydrogens (primary N) is 1. The molecule has 0 amide bonds. The first kappa shape index (κ1) is 16.1. The van der Waals surface area contributed by atoms with Gasteiger partial charge in [0, 0.05) is 6.04 Å². The molecule has 1 aliphatic rings. The third-order valence-electron chi connectivity index (χ3n) is 3.20. The summed E-state index contributed by atoms with van der Waals surface area (Å²) in [4.78, 5) is 0. The fourth-order valence-electron chi connectivity index (χ4n) is 1.97. The predicted octanol–water partition coefficient (Wildman–Crippen LogP) is 3.94. The molecule has 0 spiro atoms. The van der Waals surface area contributed by atoms with Crippen molar-refractivity contribution in [2.75, 3.05) is 7.11 Å². The van der Waals surface area contributed by atoms with Gasteiger partial charge >= 0.3 is 6.18 Å². The Kier molecular flexibility index (Phi) is 5.10. The molecule has 2 nitrogen and oxygen atoms in total. The number of hydrogen-bond acceptors (Lipinski definition) is 2. The van der Waals surface area contributed by atoms with Crippen molar-refractivity contribution in [1.82, 2.24) is 0 Å². The Hall–Kier alpha value is -0.940. The second-order valence-corrected chi connectivity index (χ2v) is 4.78. The van der Waals surface area contributed by atoms with E-state index >= 15 is 0 Å². The van der Waals surface area contributed by atoms with Gasteiger partial charge in [0.05, 0.1) is 12.7 Å². The lowest BCUT2D eigenvalue weighted by molar-refractivity contribution is -0.137. The van der Waals surface area contributed by atoms with E-state index in [1.54, 1.807) is 6.07 Å². The molecule has 1 atom stereocenters. The zero-order valence-electron chi connectivity index (χ0n) is 10.5. The van der Waals surface area contributed by atoms with Crippen molar-refractivity contribution in [3.63, 3.8) is 0 Å². The van der Waals surface area contributed by atoms with Crippen molar-refractivity contribution in [2.45, 2.75) is 31.5 Å². The first-order valence-electron chi connectivity index (χ1n) is 5.92. The van der Waals surface area contributed by atoms with Crippen LogP contribution in [-0.2, 0) is 6.18 Å². The van der Waals surface area contributed by atoms with Gasteiger partial charge in [-0.3, -0.25) is 0 Å². The Morgan fingerprint density at radius 1 is 1.32 bits per heavy atom. The van der Waals surface area contributed by atoms with Gasteiger partial charge in [-0.05, 0) is 36.1 Å². The van der Waals surface area contributed by atoms with Gasteiger partial charge in [0.25, 0.3) is 0 Å². The topological polar surface area (TPSA) is 35.2 Å². The van der Waals surface area contributed by atoms with E-state index in [4.69, 9.17) is 10.5 Å². The normalized spacial score (nSPS) is 16.7. The van der Waals surface area contributed by atoms with Crippen molar-refractivity contribution >= 4 is 12.4 Å². The minimum atomic E-state index is -4.37. The monoisotopic (exact) mass is 295 g/mol. The van der Waals surface area contributed by atoms with Crippen LogP contribution in [0.1, 0.15) is 36.4 Å². The van der Waals surface area contributed by atoms with Gasteiger partial charge in [-0.1, -0.05) is 12.8 Å². The molecular formula is C13H17ClF3NO. The van der Waals surface area contributed by atoms with Gasteiger partial charge in [-0.2, -0.15) is 13.2 Å². The van der Waals surface area contributed by atoms with Gasteiger partial charge < -0.3 is 10.5 Å². The van der Waals surface area contributed by atoms with E-state index in [2.05, 4.69) is 0 Å². The second-order valence-electron chi connectivity index (χ2n) is 4.78. The van der Waals surface area contributed by atoms with E-state index in [0.717, 1.165) is 31.4 Å². The van der Waals surface area contributed by atoms with Gasteiger partial charge in [-0.25, -0.2) is 0 Å².